The number of H-pyrrole nitrogens is 1. The highest BCUT2D eigenvalue weighted by Crippen LogP contribution is 2.34. The fraction of sp³-hybridized carbons (Fsp3) is 0.214. The van der Waals surface area contributed by atoms with E-state index in [0.717, 1.165) is 17.7 Å². The average molecular weight is 288 g/mol. The van der Waals surface area contributed by atoms with Crippen molar-refractivity contribution < 1.29 is 14.0 Å². The molecule has 1 atom stereocenters. The Morgan fingerprint density at radius 2 is 2.29 bits per heavy atom. The molecule has 0 bridgehead atoms. The molecule has 1 aliphatic rings. The molecule has 1 unspecified atom stereocenters. The largest absolute Gasteiger partial charge is 0.332 e. The summed E-state index contributed by atoms with van der Waals surface area (Å²) in [4.78, 5) is 24.6. The molecular weight excluding hydrogens is 275 g/mol. The summed E-state index contributed by atoms with van der Waals surface area (Å²) in [5, 5.41) is 9.42. The Bertz CT molecular complexity index is 713. The van der Waals surface area contributed by atoms with Gasteiger partial charge in [-0.25, -0.2) is 4.39 Å². The van der Waals surface area contributed by atoms with Crippen LogP contribution in [0.3, 0.4) is 0 Å². The van der Waals surface area contributed by atoms with E-state index in [1.807, 2.05) is 6.92 Å². The minimum Gasteiger partial charge on any atom is -0.332 e. The van der Waals surface area contributed by atoms with Gasteiger partial charge in [0.15, 0.2) is 5.82 Å². The van der Waals surface area contributed by atoms with Gasteiger partial charge in [-0.05, 0) is 19.1 Å². The third kappa shape index (κ3) is 2.16. The Morgan fingerprint density at radius 3 is 3.00 bits per heavy atom. The fourth-order valence-electron chi connectivity index (χ4n) is 2.42. The predicted octanol–water partition coefficient (Wildman–Crippen LogP) is 1.83. The van der Waals surface area contributed by atoms with Crippen molar-refractivity contribution in [3.8, 4) is 0 Å². The molecule has 0 radical (unpaired) electrons. The lowest BCUT2D eigenvalue weighted by atomic mass is 10.2. The van der Waals surface area contributed by atoms with Gasteiger partial charge in [0, 0.05) is 5.56 Å². The van der Waals surface area contributed by atoms with Gasteiger partial charge < -0.3 is 10.2 Å². The maximum absolute atomic E-state index is 13.6. The number of rotatable bonds is 3. The number of aromatic amines is 1. The number of hydrogen-bond donors (Lipinski definition) is 2. The molecule has 0 fully saturated rings. The molecule has 1 aromatic heterocycles. The van der Waals surface area contributed by atoms with Gasteiger partial charge in [-0.2, -0.15) is 5.10 Å². The number of aromatic nitrogens is 2. The molecule has 0 saturated carbocycles. The first-order valence-electron chi connectivity index (χ1n) is 6.46. The highest BCUT2D eigenvalue weighted by atomic mass is 19.1. The number of hydrogen-bond acceptors (Lipinski definition) is 3. The normalized spacial score (nSPS) is 16.7. The van der Waals surface area contributed by atoms with Crippen molar-refractivity contribution in [3.05, 3.63) is 46.9 Å². The molecule has 1 aromatic carbocycles. The zero-order valence-corrected chi connectivity index (χ0v) is 11.3. The summed E-state index contributed by atoms with van der Waals surface area (Å²) in [5.74, 6) is -0.834. The number of carbonyl (C=O) groups excluding carboxylic acids is 2. The Labute approximate surface area is 120 Å². The lowest BCUT2D eigenvalue weighted by Gasteiger charge is -2.14. The first-order chi connectivity index (χ1) is 10.1. The van der Waals surface area contributed by atoms with Gasteiger partial charge in [-0.1, -0.05) is 12.1 Å². The maximum Gasteiger partial charge on any atom is 0.259 e. The van der Waals surface area contributed by atoms with E-state index in [-0.39, 0.29) is 11.6 Å². The molecule has 0 spiro atoms. The number of nitrogens with one attached hydrogen (secondary N) is 2. The van der Waals surface area contributed by atoms with Crippen LogP contribution in [0.5, 0.6) is 0 Å². The van der Waals surface area contributed by atoms with E-state index in [9.17, 15) is 14.0 Å². The van der Waals surface area contributed by atoms with Gasteiger partial charge >= 0.3 is 0 Å². The molecule has 2 amide bonds. The smallest absolute Gasteiger partial charge is 0.259 e. The SMILES string of the molecule is CC1c2[nH]nc(NC(=O)c3ccccc3F)c2CN1C=O. The molecule has 21 heavy (non-hydrogen) atoms. The molecule has 108 valence electrons. The fourth-order valence-corrected chi connectivity index (χ4v) is 2.42. The number of nitrogens with zero attached hydrogens (tertiary/aromatic N) is 2. The van der Waals surface area contributed by atoms with Crippen LogP contribution in [0.25, 0.3) is 0 Å². The summed E-state index contributed by atoms with van der Waals surface area (Å²) in [6.07, 6.45) is 0.751. The number of benzene rings is 1. The number of fused-ring (bicyclic) bond motifs is 1. The van der Waals surface area contributed by atoms with E-state index in [1.54, 1.807) is 11.0 Å². The standard InChI is InChI=1S/C14H13FN4O2/c1-8-12-10(6-19(8)7-20)13(18-17-12)16-14(21)9-4-2-3-5-11(9)15/h2-5,7-8H,6H2,1H3,(H2,16,17,18,21). The summed E-state index contributed by atoms with van der Waals surface area (Å²) in [7, 11) is 0. The molecule has 3 rings (SSSR count). The third-order valence-electron chi connectivity index (χ3n) is 3.64. The highest BCUT2D eigenvalue weighted by Gasteiger charge is 2.31. The Morgan fingerprint density at radius 1 is 1.52 bits per heavy atom. The predicted molar refractivity (Wildman–Crippen MR) is 73.0 cm³/mol. The molecule has 2 heterocycles. The van der Waals surface area contributed by atoms with Crippen LogP contribution < -0.4 is 5.32 Å². The van der Waals surface area contributed by atoms with Crippen molar-refractivity contribution in [1.82, 2.24) is 15.1 Å². The van der Waals surface area contributed by atoms with Crippen LogP contribution in [0.15, 0.2) is 24.3 Å². The molecule has 1 aliphatic heterocycles. The summed E-state index contributed by atoms with van der Waals surface area (Å²) in [6.45, 7) is 2.23. The summed E-state index contributed by atoms with van der Waals surface area (Å²) in [6, 6.07) is 5.60. The lowest BCUT2D eigenvalue weighted by molar-refractivity contribution is -0.119. The van der Waals surface area contributed by atoms with Crippen molar-refractivity contribution in [2.45, 2.75) is 19.5 Å². The number of carbonyl (C=O) groups is 2. The molecule has 2 N–H and O–H groups in total. The van der Waals surface area contributed by atoms with Gasteiger partial charge in [0.05, 0.1) is 23.8 Å². The average Bonchev–Trinajstić information content (AvgIpc) is 3.00. The van der Waals surface area contributed by atoms with E-state index in [2.05, 4.69) is 15.5 Å². The maximum atomic E-state index is 13.6. The van der Waals surface area contributed by atoms with E-state index in [1.165, 1.54) is 18.2 Å². The number of anilines is 1. The van der Waals surface area contributed by atoms with Gasteiger partial charge in [-0.3, -0.25) is 14.7 Å². The minimum absolute atomic E-state index is 0.0486. The van der Waals surface area contributed by atoms with E-state index < -0.39 is 11.7 Å². The van der Waals surface area contributed by atoms with Crippen LogP contribution in [-0.2, 0) is 11.3 Å². The Kier molecular flexibility index (Phi) is 3.17. The van der Waals surface area contributed by atoms with Crippen molar-refractivity contribution in [3.63, 3.8) is 0 Å². The van der Waals surface area contributed by atoms with Crippen LogP contribution >= 0.6 is 0 Å². The van der Waals surface area contributed by atoms with Crippen molar-refractivity contribution in [1.29, 1.82) is 0 Å². The van der Waals surface area contributed by atoms with Gasteiger partial charge in [0.25, 0.3) is 5.91 Å². The highest BCUT2D eigenvalue weighted by molar-refractivity contribution is 6.04. The van der Waals surface area contributed by atoms with Crippen LogP contribution in [0.1, 0.15) is 34.6 Å². The van der Waals surface area contributed by atoms with Crippen molar-refractivity contribution in [2.24, 2.45) is 0 Å². The van der Waals surface area contributed by atoms with Crippen molar-refractivity contribution >= 4 is 18.1 Å². The quantitative estimate of drug-likeness (QED) is 0.846. The van der Waals surface area contributed by atoms with Crippen LogP contribution in [-0.4, -0.2) is 27.4 Å². The first kappa shape index (κ1) is 13.3. The van der Waals surface area contributed by atoms with Crippen LogP contribution in [0, 0.1) is 5.82 Å². The van der Waals surface area contributed by atoms with Gasteiger partial charge in [0.2, 0.25) is 6.41 Å². The topological polar surface area (TPSA) is 78.1 Å². The summed E-state index contributed by atoms with van der Waals surface area (Å²) < 4.78 is 13.6. The zero-order valence-electron chi connectivity index (χ0n) is 11.3. The Hall–Kier alpha value is -2.70. The van der Waals surface area contributed by atoms with Crippen LogP contribution in [0.2, 0.25) is 0 Å². The zero-order chi connectivity index (χ0) is 15.0. The second kappa shape index (κ2) is 5.01. The summed E-state index contributed by atoms with van der Waals surface area (Å²) >= 11 is 0. The number of amides is 2. The molecule has 0 aliphatic carbocycles. The van der Waals surface area contributed by atoms with Gasteiger partial charge in [0.1, 0.15) is 5.82 Å². The monoisotopic (exact) mass is 288 g/mol. The van der Waals surface area contributed by atoms with Gasteiger partial charge in [-0.15, -0.1) is 0 Å². The van der Waals surface area contributed by atoms with E-state index in [4.69, 9.17) is 0 Å². The number of halogens is 1. The second-order valence-corrected chi connectivity index (χ2v) is 4.85. The minimum atomic E-state index is -0.593. The Balaban J connectivity index is 1.85. The molecular formula is C14H13FN4O2. The van der Waals surface area contributed by atoms with E-state index >= 15 is 0 Å². The second-order valence-electron chi connectivity index (χ2n) is 4.85. The van der Waals surface area contributed by atoms with Crippen LogP contribution in [0.4, 0.5) is 10.2 Å². The molecule has 7 heteroatoms. The molecule has 0 saturated heterocycles. The summed E-state index contributed by atoms with van der Waals surface area (Å²) in [5.41, 5.74) is 1.48. The molecule has 2 aromatic rings. The molecule has 6 nitrogen and oxygen atoms in total. The van der Waals surface area contributed by atoms with E-state index in [0.29, 0.717) is 12.4 Å². The van der Waals surface area contributed by atoms with Crippen molar-refractivity contribution in [2.75, 3.05) is 5.32 Å². The first-order valence-corrected chi connectivity index (χ1v) is 6.46. The third-order valence-corrected chi connectivity index (χ3v) is 3.64. The lowest BCUT2D eigenvalue weighted by Crippen LogP contribution is -2.19.